The van der Waals surface area contributed by atoms with Gasteiger partial charge in [-0.25, -0.2) is 4.98 Å². The summed E-state index contributed by atoms with van der Waals surface area (Å²) in [6, 6.07) is 8.10. The number of alkyl halides is 2. The number of pyridine rings is 1. The van der Waals surface area contributed by atoms with Gasteiger partial charge in [-0.3, -0.25) is 0 Å². The van der Waals surface area contributed by atoms with Crippen LogP contribution in [0.2, 0.25) is 5.02 Å². The van der Waals surface area contributed by atoms with Crippen molar-refractivity contribution in [3.63, 3.8) is 0 Å². The van der Waals surface area contributed by atoms with Crippen LogP contribution in [0.3, 0.4) is 0 Å². The van der Waals surface area contributed by atoms with Crippen molar-refractivity contribution < 1.29 is 13.5 Å². The molecule has 2 aromatic rings. The summed E-state index contributed by atoms with van der Waals surface area (Å²) < 4.78 is 29.8. The Morgan fingerprint density at radius 2 is 2.10 bits per heavy atom. The van der Waals surface area contributed by atoms with E-state index in [1.807, 2.05) is 6.07 Å². The maximum Gasteiger partial charge on any atom is 0.387 e. The third-order valence-corrected chi connectivity index (χ3v) is 3.15. The number of nitrogens with one attached hydrogen (secondary N) is 1. The maximum absolute atomic E-state index is 12.3. The van der Waals surface area contributed by atoms with Gasteiger partial charge in [0.15, 0.2) is 0 Å². The average molecular weight is 364 g/mol. The Hall–Kier alpha value is -1.40. The summed E-state index contributed by atoms with van der Waals surface area (Å²) in [6.45, 7) is -2.57. The minimum Gasteiger partial charge on any atom is -0.434 e. The number of hydrogen-bond acceptors (Lipinski definition) is 3. The fourth-order valence-electron chi connectivity index (χ4n) is 1.57. The first-order chi connectivity index (χ1) is 9.54. The highest BCUT2D eigenvalue weighted by molar-refractivity contribution is 9.10. The molecule has 0 atom stereocenters. The molecule has 1 N–H and O–H groups in total. The van der Waals surface area contributed by atoms with Crippen molar-refractivity contribution in [3.8, 4) is 5.75 Å². The Labute approximate surface area is 128 Å². The van der Waals surface area contributed by atoms with Gasteiger partial charge < -0.3 is 10.1 Å². The van der Waals surface area contributed by atoms with E-state index >= 15 is 0 Å². The number of rotatable bonds is 5. The molecular formula is C13H10BrClF2N2O. The highest BCUT2D eigenvalue weighted by Gasteiger charge is 2.10. The minimum absolute atomic E-state index is 0.0990. The quantitative estimate of drug-likeness (QED) is 0.781. The molecule has 1 aromatic heterocycles. The molecule has 7 heteroatoms. The molecule has 3 nitrogen and oxygen atoms in total. The molecule has 0 aliphatic rings. The van der Waals surface area contributed by atoms with Crippen LogP contribution < -0.4 is 10.1 Å². The smallest absolute Gasteiger partial charge is 0.387 e. The number of aromatic nitrogens is 1. The first-order valence-electron chi connectivity index (χ1n) is 5.63. The van der Waals surface area contributed by atoms with Crippen molar-refractivity contribution in [2.75, 3.05) is 5.32 Å². The number of benzene rings is 1. The van der Waals surface area contributed by atoms with Crippen LogP contribution in [0.1, 0.15) is 5.56 Å². The normalized spacial score (nSPS) is 10.7. The Balaban J connectivity index is 2.11. The van der Waals surface area contributed by atoms with Crippen LogP contribution in [-0.4, -0.2) is 11.6 Å². The van der Waals surface area contributed by atoms with Gasteiger partial charge in [-0.2, -0.15) is 8.78 Å². The first kappa shape index (κ1) is 15.0. The van der Waals surface area contributed by atoms with E-state index < -0.39 is 6.61 Å². The lowest BCUT2D eigenvalue weighted by Crippen LogP contribution is -2.07. The summed E-state index contributed by atoms with van der Waals surface area (Å²) in [5.74, 6) is 0.0990. The number of anilines is 1. The van der Waals surface area contributed by atoms with Gasteiger partial charge >= 0.3 is 6.61 Å². The summed E-state index contributed by atoms with van der Waals surface area (Å²) in [5, 5.41) is 3.52. The Bertz CT molecular complexity index is 581. The second-order valence-electron chi connectivity index (χ2n) is 3.85. The first-order valence-corrected chi connectivity index (χ1v) is 6.80. The highest BCUT2D eigenvalue weighted by atomic mass is 79.9. The van der Waals surface area contributed by atoms with E-state index in [9.17, 15) is 8.78 Å². The van der Waals surface area contributed by atoms with Crippen LogP contribution in [-0.2, 0) is 6.54 Å². The van der Waals surface area contributed by atoms with E-state index in [2.05, 4.69) is 31.0 Å². The lowest BCUT2D eigenvalue weighted by atomic mass is 10.2. The minimum atomic E-state index is -2.87. The zero-order valence-corrected chi connectivity index (χ0v) is 12.5. The highest BCUT2D eigenvalue weighted by Crippen LogP contribution is 2.25. The lowest BCUT2D eigenvalue weighted by molar-refractivity contribution is -0.0504. The lowest BCUT2D eigenvalue weighted by Gasteiger charge is -2.12. The molecule has 0 spiro atoms. The maximum atomic E-state index is 12.3. The van der Waals surface area contributed by atoms with Crippen molar-refractivity contribution in [3.05, 3.63) is 51.7 Å². The van der Waals surface area contributed by atoms with Gasteiger partial charge in [0.2, 0.25) is 0 Å². The second-order valence-corrected chi connectivity index (χ2v) is 5.10. The van der Waals surface area contributed by atoms with Crippen LogP contribution in [0.4, 0.5) is 14.5 Å². The van der Waals surface area contributed by atoms with Gasteiger partial charge in [0.05, 0.1) is 11.9 Å². The molecule has 0 aliphatic carbocycles. The van der Waals surface area contributed by atoms with Crippen LogP contribution >= 0.6 is 27.5 Å². The molecule has 0 aliphatic heterocycles. The summed E-state index contributed by atoms with van der Waals surface area (Å²) in [7, 11) is 0. The predicted octanol–water partition coefficient (Wildman–Crippen LogP) is 4.71. The number of ether oxygens (including phenoxy) is 1. The largest absolute Gasteiger partial charge is 0.434 e. The summed E-state index contributed by atoms with van der Waals surface area (Å²) in [5.41, 5.74) is 1.30. The molecule has 0 saturated heterocycles. The number of nitrogens with zero attached hydrogens (tertiary/aromatic N) is 1. The molecule has 0 fully saturated rings. The van der Waals surface area contributed by atoms with Crippen molar-refractivity contribution in [1.29, 1.82) is 0 Å². The fraction of sp³-hybridized carbons (Fsp3) is 0.154. The molecule has 1 heterocycles. The number of halogens is 4. The van der Waals surface area contributed by atoms with Crippen molar-refractivity contribution in [2.45, 2.75) is 13.2 Å². The van der Waals surface area contributed by atoms with Gasteiger partial charge in [0, 0.05) is 17.1 Å². The molecule has 2 rings (SSSR count). The molecule has 106 valence electrons. The Kier molecular flexibility index (Phi) is 5.14. The third kappa shape index (κ3) is 4.31. The number of hydrogen-bond donors (Lipinski definition) is 1. The Morgan fingerprint density at radius 3 is 2.75 bits per heavy atom. The van der Waals surface area contributed by atoms with Crippen molar-refractivity contribution >= 4 is 33.2 Å². The Morgan fingerprint density at radius 1 is 1.30 bits per heavy atom. The third-order valence-electron chi connectivity index (χ3n) is 2.45. The molecule has 0 unspecified atom stereocenters. The monoisotopic (exact) mass is 362 g/mol. The topological polar surface area (TPSA) is 34.1 Å². The zero-order chi connectivity index (χ0) is 14.5. The summed E-state index contributed by atoms with van der Waals surface area (Å²) in [6.07, 6.45) is 1.63. The average Bonchev–Trinajstić information content (AvgIpc) is 2.40. The van der Waals surface area contributed by atoms with Crippen LogP contribution in [0.15, 0.2) is 41.1 Å². The summed E-state index contributed by atoms with van der Waals surface area (Å²) >= 11 is 9.10. The zero-order valence-electron chi connectivity index (χ0n) is 10.1. The van der Waals surface area contributed by atoms with E-state index in [1.54, 1.807) is 18.3 Å². The summed E-state index contributed by atoms with van der Waals surface area (Å²) in [4.78, 5) is 4.06. The van der Waals surface area contributed by atoms with Gasteiger partial charge in [-0.05, 0) is 46.3 Å². The van der Waals surface area contributed by atoms with E-state index in [0.717, 1.165) is 5.69 Å². The fourth-order valence-corrected chi connectivity index (χ4v) is 2.00. The molecular weight excluding hydrogens is 354 g/mol. The van der Waals surface area contributed by atoms with Gasteiger partial charge in [0.1, 0.15) is 10.4 Å². The SMILES string of the molecule is FC(F)Oc1ccc(Cl)cc1CNc1ccc(Br)nc1. The van der Waals surface area contributed by atoms with Crippen LogP contribution in [0.25, 0.3) is 0 Å². The van der Waals surface area contributed by atoms with E-state index in [4.69, 9.17) is 11.6 Å². The molecule has 0 saturated carbocycles. The standard InChI is InChI=1S/C13H10BrClF2N2O/c14-12-4-2-10(7-19-12)18-6-8-5-9(15)1-3-11(8)20-13(16)17/h1-5,7,13,18H,6H2. The van der Waals surface area contributed by atoms with Crippen molar-refractivity contribution in [1.82, 2.24) is 4.98 Å². The van der Waals surface area contributed by atoms with Gasteiger partial charge in [-0.15, -0.1) is 0 Å². The second kappa shape index (κ2) is 6.85. The van der Waals surface area contributed by atoms with Crippen molar-refractivity contribution in [2.24, 2.45) is 0 Å². The molecule has 0 bridgehead atoms. The van der Waals surface area contributed by atoms with E-state index in [-0.39, 0.29) is 5.75 Å². The van der Waals surface area contributed by atoms with Crippen LogP contribution in [0.5, 0.6) is 5.75 Å². The van der Waals surface area contributed by atoms with Gasteiger partial charge in [0.25, 0.3) is 0 Å². The van der Waals surface area contributed by atoms with Crippen LogP contribution in [0, 0.1) is 0 Å². The van der Waals surface area contributed by atoms with E-state index in [0.29, 0.717) is 21.7 Å². The molecule has 1 aromatic carbocycles. The van der Waals surface area contributed by atoms with E-state index in [1.165, 1.54) is 12.1 Å². The molecule has 0 amide bonds. The van der Waals surface area contributed by atoms with Gasteiger partial charge in [-0.1, -0.05) is 11.6 Å². The molecule has 20 heavy (non-hydrogen) atoms. The predicted molar refractivity (Wildman–Crippen MR) is 77.3 cm³/mol. The molecule has 0 radical (unpaired) electrons.